The summed E-state index contributed by atoms with van der Waals surface area (Å²) in [5, 5.41) is 34.1. The molecule has 0 atom stereocenters. The maximum absolute atomic E-state index is 10.8. The van der Waals surface area contributed by atoms with Gasteiger partial charge in [-0.2, -0.15) is 0 Å². The summed E-state index contributed by atoms with van der Waals surface area (Å²) in [5.74, 6) is -0.305. The summed E-state index contributed by atoms with van der Waals surface area (Å²) in [6.07, 6.45) is 13.5. The quantitative estimate of drug-likeness (QED) is 0.335. The van der Waals surface area contributed by atoms with E-state index in [9.17, 15) is 20.1 Å². The molecule has 1 saturated carbocycles. The van der Waals surface area contributed by atoms with Gasteiger partial charge in [-0.25, -0.2) is 0 Å². The Labute approximate surface area is 154 Å². The molecule has 1 aromatic carbocycles. The first-order chi connectivity index (χ1) is 12.5. The number of hydrogen-bond donors (Lipinski definition) is 4. The Hall–Kier alpha value is -2.53. The first-order valence-corrected chi connectivity index (χ1v) is 9.01. The number of benzene rings is 1. The van der Waals surface area contributed by atoms with Gasteiger partial charge in [0, 0.05) is 12.6 Å². The summed E-state index contributed by atoms with van der Waals surface area (Å²) < 4.78 is 0. The number of allylic oxidation sites excluding steroid dienone is 5. The second kappa shape index (κ2) is 9.82. The molecule has 1 fully saturated rings. The van der Waals surface area contributed by atoms with Gasteiger partial charge in [0.25, 0.3) is 0 Å². The highest BCUT2D eigenvalue weighted by Gasteiger charge is 2.17. The Morgan fingerprint density at radius 3 is 2.58 bits per heavy atom. The number of rotatable bonds is 7. The van der Waals surface area contributed by atoms with Crippen molar-refractivity contribution in [3.8, 4) is 11.5 Å². The molecule has 0 aliphatic heterocycles. The fourth-order valence-electron chi connectivity index (χ4n) is 3.05. The van der Waals surface area contributed by atoms with Crippen molar-refractivity contribution in [3.05, 3.63) is 53.6 Å². The number of phenolic OH excluding ortho intramolecular Hbond substituents is 2. The maximum atomic E-state index is 10.8. The molecule has 1 aliphatic carbocycles. The number of aromatic hydroxyl groups is 2. The molecule has 1 aliphatic rings. The van der Waals surface area contributed by atoms with Crippen molar-refractivity contribution < 1.29 is 20.1 Å². The minimum absolute atomic E-state index is 0.00212. The normalized spacial score (nSPS) is 16.6. The molecule has 0 unspecified atom stereocenters. The Morgan fingerprint density at radius 1 is 1.15 bits per heavy atom. The highest BCUT2D eigenvalue weighted by Crippen LogP contribution is 2.34. The molecule has 0 spiro atoms. The van der Waals surface area contributed by atoms with Crippen molar-refractivity contribution in [1.82, 2.24) is 5.32 Å². The molecule has 5 heteroatoms. The van der Waals surface area contributed by atoms with Crippen LogP contribution >= 0.6 is 0 Å². The number of aliphatic hydroxyl groups excluding tert-OH is 1. The van der Waals surface area contributed by atoms with Gasteiger partial charge in [-0.1, -0.05) is 37.5 Å². The number of hydrogen-bond acceptors (Lipinski definition) is 5. The largest absolute Gasteiger partial charge is 0.507 e. The van der Waals surface area contributed by atoms with Crippen LogP contribution in [0.15, 0.2) is 42.5 Å². The van der Waals surface area contributed by atoms with Crippen molar-refractivity contribution in [2.24, 2.45) is 0 Å². The summed E-state index contributed by atoms with van der Waals surface area (Å²) in [7, 11) is 0. The lowest BCUT2D eigenvalue weighted by atomic mass is 9.95. The molecule has 0 radical (unpaired) electrons. The van der Waals surface area contributed by atoms with E-state index in [-0.39, 0.29) is 28.6 Å². The fraction of sp³-hybridized carbons (Fsp3) is 0.381. The molecular weight excluding hydrogens is 330 g/mol. The zero-order valence-electron chi connectivity index (χ0n) is 15.1. The molecule has 26 heavy (non-hydrogen) atoms. The van der Waals surface area contributed by atoms with Crippen molar-refractivity contribution in [2.75, 3.05) is 0 Å². The number of ketones is 1. The molecule has 0 aromatic heterocycles. The van der Waals surface area contributed by atoms with Gasteiger partial charge in [-0.15, -0.1) is 0 Å². The van der Waals surface area contributed by atoms with E-state index in [1.807, 2.05) is 0 Å². The fourth-order valence-corrected chi connectivity index (χ4v) is 3.05. The van der Waals surface area contributed by atoms with E-state index >= 15 is 0 Å². The zero-order valence-corrected chi connectivity index (χ0v) is 15.1. The molecule has 1 aromatic rings. The average Bonchev–Trinajstić information content (AvgIpc) is 2.61. The van der Waals surface area contributed by atoms with E-state index in [4.69, 9.17) is 0 Å². The number of nitrogens with one attached hydrogen (secondary N) is 1. The second-order valence-corrected chi connectivity index (χ2v) is 6.58. The smallest absolute Gasteiger partial charge is 0.152 e. The summed E-state index contributed by atoms with van der Waals surface area (Å²) in [4.78, 5) is 10.8. The van der Waals surface area contributed by atoms with Gasteiger partial charge in [0.05, 0.1) is 11.1 Å². The minimum Gasteiger partial charge on any atom is -0.507 e. The summed E-state index contributed by atoms with van der Waals surface area (Å²) in [6.45, 7) is 1.80. The molecule has 0 heterocycles. The maximum Gasteiger partial charge on any atom is 0.152 e. The van der Waals surface area contributed by atoms with E-state index in [1.54, 1.807) is 18.2 Å². The van der Waals surface area contributed by atoms with Gasteiger partial charge >= 0.3 is 0 Å². The summed E-state index contributed by atoms with van der Waals surface area (Å²) in [6, 6.07) is 3.34. The average molecular weight is 357 g/mol. The van der Waals surface area contributed by atoms with Crippen molar-refractivity contribution >= 4 is 11.5 Å². The lowest BCUT2D eigenvalue weighted by Gasteiger charge is -2.23. The van der Waals surface area contributed by atoms with Crippen molar-refractivity contribution in [1.29, 1.82) is 0 Å². The Morgan fingerprint density at radius 2 is 1.88 bits per heavy atom. The zero-order chi connectivity index (χ0) is 18.9. The van der Waals surface area contributed by atoms with Gasteiger partial charge in [0.1, 0.15) is 17.3 Å². The Bertz CT molecular complexity index is 713. The molecular formula is C21H27NO4. The number of phenols is 2. The van der Waals surface area contributed by atoms with Crippen LogP contribution in [0.4, 0.5) is 0 Å². The third-order valence-corrected chi connectivity index (χ3v) is 4.51. The van der Waals surface area contributed by atoms with E-state index in [2.05, 4.69) is 5.32 Å². The minimum atomic E-state index is -0.130. The molecule has 5 nitrogen and oxygen atoms in total. The second-order valence-electron chi connectivity index (χ2n) is 6.58. The lowest BCUT2D eigenvalue weighted by Crippen LogP contribution is -2.30. The molecule has 4 N–H and O–H groups in total. The van der Waals surface area contributed by atoms with Gasteiger partial charge in [0.15, 0.2) is 5.78 Å². The monoisotopic (exact) mass is 357 g/mol. The van der Waals surface area contributed by atoms with E-state index in [0.717, 1.165) is 12.8 Å². The predicted octanol–water partition coefficient (Wildman–Crippen LogP) is 4.12. The Balaban J connectivity index is 2.10. The van der Waals surface area contributed by atoms with E-state index in [0.29, 0.717) is 18.2 Å². The van der Waals surface area contributed by atoms with E-state index in [1.165, 1.54) is 50.5 Å². The van der Waals surface area contributed by atoms with Crippen molar-refractivity contribution in [3.63, 3.8) is 0 Å². The first kappa shape index (κ1) is 19.8. The summed E-state index contributed by atoms with van der Waals surface area (Å²) in [5.41, 5.74) is 0.636. The van der Waals surface area contributed by atoms with Gasteiger partial charge in [-0.05, 0) is 44.1 Å². The highest BCUT2D eigenvalue weighted by atomic mass is 16.3. The van der Waals surface area contributed by atoms with Crippen LogP contribution in [0, 0.1) is 0 Å². The number of carbonyl (C=O) groups is 1. The first-order valence-electron chi connectivity index (χ1n) is 9.01. The van der Waals surface area contributed by atoms with Crippen molar-refractivity contribution in [2.45, 2.75) is 51.6 Å². The number of carbonyl (C=O) groups excluding carboxylic acids is 1. The third-order valence-electron chi connectivity index (χ3n) is 4.51. The van der Waals surface area contributed by atoms with Crippen LogP contribution in [0.5, 0.6) is 11.5 Å². The molecule has 140 valence electrons. The summed E-state index contributed by atoms with van der Waals surface area (Å²) >= 11 is 0. The van der Waals surface area contributed by atoms with Crippen LogP contribution in [-0.2, 0) is 11.3 Å². The Kier molecular flexibility index (Phi) is 7.48. The molecule has 0 saturated heterocycles. The SMILES string of the molecule is CC(=O)\C=C/C=C\C=C(\O)c1ccc(O)c(CNC2CCCCC2)c1O. The topological polar surface area (TPSA) is 89.8 Å². The predicted molar refractivity (Wildman–Crippen MR) is 103 cm³/mol. The third kappa shape index (κ3) is 5.77. The standard InChI is InChI=1S/C21H27NO4/c1-15(23)8-4-2-7-11-19(24)17-12-13-20(25)18(21(17)26)14-22-16-9-5-3-6-10-16/h2,4,7-8,11-13,16,22,24-26H,3,5-6,9-10,14H2,1H3/b7-2-,8-4-,19-11+. The molecule has 0 amide bonds. The van der Waals surface area contributed by atoms with Crippen LogP contribution in [0.1, 0.15) is 50.2 Å². The molecule has 0 bridgehead atoms. The van der Waals surface area contributed by atoms with Crippen LogP contribution in [-0.4, -0.2) is 27.1 Å². The van der Waals surface area contributed by atoms with Gasteiger partial charge in [-0.3, -0.25) is 4.79 Å². The number of aliphatic hydroxyl groups is 1. The molecule has 2 rings (SSSR count). The van der Waals surface area contributed by atoms with Crippen LogP contribution < -0.4 is 5.32 Å². The van der Waals surface area contributed by atoms with Gasteiger partial charge in [0.2, 0.25) is 0 Å². The van der Waals surface area contributed by atoms with Gasteiger partial charge < -0.3 is 20.6 Å². The van der Waals surface area contributed by atoms with Crippen LogP contribution in [0.2, 0.25) is 0 Å². The lowest BCUT2D eigenvalue weighted by molar-refractivity contribution is -0.112. The van der Waals surface area contributed by atoms with E-state index < -0.39 is 0 Å². The van der Waals surface area contributed by atoms with Crippen LogP contribution in [0.3, 0.4) is 0 Å². The highest BCUT2D eigenvalue weighted by molar-refractivity contribution is 5.87. The van der Waals surface area contributed by atoms with Crippen LogP contribution in [0.25, 0.3) is 5.76 Å².